The van der Waals surface area contributed by atoms with E-state index in [9.17, 15) is 9.59 Å². The number of likely N-dealkylation sites (tertiary alicyclic amines) is 1. The predicted molar refractivity (Wildman–Crippen MR) is 131 cm³/mol. The van der Waals surface area contributed by atoms with Crippen LogP contribution in [0.1, 0.15) is 63.4 Å². The van der Waals surface area contributed by atoms with Gasteiger partial charge in [-0.3, -0.25) is 4.79 Å². The number of aromatic nitrogens is 1. The first-order valence-corrected chi connectivity index (χ1v) is 11.8. The number of alkyl carbamates (subject to hydrolysis) is 1. The van der Waals surface area contributed by atoms with Crippen LogP contribution >= 0.6 is 15.9 Å². The number of methoxy groups -OCH3 is 1. The second-order valence-electron chi connectivity index (χ2n) is 8.78. The summed E-state index contributed by atoms with van der Waals surface area (Å²) in [6, 6.07) is 7.81. The number of hydrogen-bond acceptors (Lipinski definition) is 3. The minimum Gasteiger partial charge on any atom is -0.453 e. The molecule has 1 aromatic heterocycles. The summed E-state index contributed by atoms with van der Waals surface area (Å²) in [6.45, 7) is 4.60. The fourth-order valence-corrected chi connectivity index (χ4v) is 5.22. The van der Waals surface area contributed by atoms with E-state index < -0.39 is 12.1 Å². The van der Waals surface area contributed by atoms with Crippen LogP contribution in [0.2, 0.25) is 0 Å². The standard InChI is InChI=1S/C24H30BrN3O3.CH4/c1-14(2)20(27-24(30)31-3)23(29)28-13-5-8-19(28)22-18-7-4-6-17(18)21(26-22)15-9-11-16(25)12-10-15;/h9-12,14,19-20,26H,4-8,13H2,1-3H3,(H,27,30);1H4/t19?,20-;/m0./s1. The molecule has 1 saturated heterocycles. The number of halogens is 1. The lowest BCUT2D eigenvalue weighted by atomic mass is 10.0. The summed E-state index contributed by atoms with van der Waals surface area (Å²) >= 11 is 3.52. The Labute approximate surface area is 199 Å². The number of carbonyl (C=O) groups is 2. The van der Waals surface area contributed by atoms with Crippen molar-refractivity contribution in [3.8, 4) is 11.3 Å². The zero-order valence-corrected chi connectivity index (χ0v) is 19.9. The van der Waals surface area contributed by atoms with Crippen molar-refractivity contribution in [1.29, 1.82) is 0 Å². The molecule has 2 aliphatic rings. The van der Waals surface area contributed by atoms with Gasteiger partial charge in [-0.2, -0.15) is 0 Å². The molecule has 0 spiro atoms. The van der Waals surface area contributed by atoms with Gasteiger partial charge in [-0.15, -0.1) is 0 Å². The number of carbonyl (C=O) groups excluding carboxylic acids is 2. The van der Waals surface area contributed by atoms with Gasteiger partial charge >= 0.3 is 6.09 Å². The summed E-state index contributed by atoms with van der Waals surface area (Å²) in [7, 11) is 1.32. The van der Waals surface area contributed by atoms with Crippen LogP contribution in [0, 0.1) is 5.92 Å². The molecule has 1 aromatic carbocycles. The van der Waals surface area contributed by atoms with E-state index in [0.29, 0.717) is 6.54 Å². The third-order valence-electron chi connectivity index (χ3n) is 6.50. The molecular weight excluding hydrogens is 470 g/mol. The van der Waals surface area contributed by atoms with Gasteiger partial charge in [-0.05, 0) is 66.8 Å². The molecule has 2 atom stereocenters. The molecule has 0 bridgehead atoms. The number of aromatic amines is 1. The molecule has 1 unspecified atom stereocenters. The summed E-state index contributed by atoms with van der Waals surface area (Å²) in [5, 5.41) is 2.74. The quantitative estimate of drug-likeness (QED) is 0.556. The minimum absolute atomic E-state index is 0. The van der Waals surface area contributed by atoms with Crippen LogP contribution in [0.25, 0.3) is 11.3 Å². The minimum atomic E-state index is -0.595. The van der Waals surface area contributed by atoms with Gasteiger partial charge in [0.15, 0.2) is 0 Å². The Balaban J connectivity index is 0.00000289. The molecular formula is C25H34BrN3O3. The van der Waals surface area contributed by atoms with Crippen LogP contribution in [0.5, 0.6) is 0 Å². The third-order valence-corrected chi connectivity index (χ3v) is 7.03. The smallest absolute Gasteiger partial charge is 0.407 e. The largest absolute Gasteiger partial charge is 0.453 e. The van der Waals surface area contributed by atoms with Gasteiger partial charge < -0.3 is 19.9 Å². The Kier molecular flexibility index (Phi) is 7.70. The fourth-order valence-electron chi connectivity index (χ4n) is 4.96. The van der Waals surface area contributed by atoms with E-state index in [1.54, 1.807) is 0 Å². The maximum Gasteiger partial charge on any atom is 0.407 e. The highest BCUT2D eigenvalue weighted by molar-refractivity contribution is 9.10. The zero-order valence-electron chi connectivity index (χ0n) is 18.3. The second kappa shape index (κ2) is 10.1. The molecule has 0 saturated carbocycles. The van der Waals surface area contributed by atoms with Crippen molar-refractivity contribution in [2.75, 3.05) is 13.7 Å². The number of nitrogens with one attached hydrogen (secondary N) is 2. The van der Waals surface area contributed by atoms with Crippen molar-refractivity contribution in [2.45, 2.75) is 65.5 Å². The summed E-state index contributed by atoms with van der Waals surface area (Å²) in [5.74, 6) is -0.0602. The lowest BCUT2D eigenvalue weighted by molar-refractivity contribution is -0.135. The van der Waals surface area contributed by atoms with E-state index in [0.717, 1.165) is 36.6 Å². The monoisotopic (exact) mass is 503 g/mol. The maximum atomic E-state index is 13.5. The lowest BCUT2D eigenvalue weighted by Crippen LogP contribution is -2.51. The van der Waals surface area contributed by atoms with Crippen molar-refractivity contribution >= 4 is 27.9 Å². The molecule has 1 aliphatic heterocycles. The first-order valence-electron chi connectivity index (χ1n) is 11.0. The zero-order chi connectivity index (χ0) is 22.1. The number of nitrogens with zero attached hydrogens (tertiary/aromatic N) is 1. The van der Waals surface area contributed by atoms with Gasteiger partial charge in [0.25, 0.3) is 0 Å². The summed E-state index contributed by atoms with van der Waals surface area (Å²) in [6.07, 6.45) is 4.58. The van der Waals surface area contributed by atoms with E-state index >= 15 is 0 Å². The topological polar surface area (TPSA) is 74.4 Å². The van der Waals surface area contributed by atoms with Crippen molar-refractivity contribution in [2.24, 2.45) is 5.92 Å². The van der Waals surface area contributed by atoms with E-state index in [2.05, 4.69) is 50.5 Å². The van der Waals surface area contributed by atoms with Crippen LogP contribution in [-0.2, 0) is 22.4 Å². The molecule has 2 N–H and O–H groups in total. The number of hydrogen-bond donors (Lipinski definition) is 2. The fraction of sp³-hybridized carbons (Fsp3) is 0.520. The molecule has 1 fully saturated rings. The highest BCUT2D eigenvalue weighted by Crippen LogP contribution is 2.42. The van der Waals surface area contributed by atoms with Crippen molar-refractivity contribution < 1.29 is 14.3 Å². The normalized spacial score (nSPS) is 18.3. The van der Waals surface area contributed by atoms with E-state index in [1.165, 1.54) is 35.2 Å². The highest BCUT2D eigenvalue weighted by Gasteiger charge is 2.39. The molecule has 2 amide bonds. The SMILES string of the molecule is C.COC(=O)N[C@H](C(=O)N1CCCC1c1[nH]c(-c2ccc(Br)cc2)c2c1CCC2)C(C)C. The number of H-pyrrole nitrogens is 1. The first-order chi connectivity index (χ1) is 14.9. The molecule has 2 heterocycles. The second-order valence-corrected chi connectivity index (χ2v) is 9.69. The average molecular weight is 504 g/mol. The Morgan fingerprint density at radius 2 is 1.84 bits per heavy atom. The molecule has 6 nitrogen and oxygen atoms in total. The molecule has 1 aliphatic carbocycles. The van der Waals surface area contributed by atoms with Gasteiger partial charge in [0.2, 0.25) is 5.91 Å². The Hall–Kier alpha value is -2.28. The summed E-state index contributed by atoms with van der Waals surface area (Å²) in [4.78, 5) is 31.0. The van der Waals surface area contributed by atoms with Crippen molar-refractivity contribution in [1.82, 2.24) is 15.2 Å². The Morgan fingerprint density at radius 1 is 1.16 bits per heavy atom. The number of fused-ring (bicyclic) bond motifs is 1. The van der Waals surface area contributed by atoms with Crippen molar-refractivity contribution in [3.05, 3.63) is 45.6 Å². The lowest BCUT2D eigenvalue weighted by Gasteiger charge is -2.31. The molecule has 4 rings (SSSR count). The number of rotatable bonds is 5. The van der Waals surface area contributed by atoms with Crippen LogP contribution < -0.4 is 5.32 Å². The molecule has 174 valence electrons. The first kappa shape index (κ1) is 24.4. The predicted octanol–water partition coefficient (Wildman–Crippen LogP) is 5.61. The molecule has 2 aromatic rings. The maximum absolute atomic E-state index is 13.5. The van der Waals surface area contributed by atoms with E-state index in [1.807, 2.05) is 18.7 Å². The number of benzene rings is 1. The highest BCUT2D eigenvalue weighted by atomic mass is 79.9. The third kappa shape index (κ3) is 4.58. The Morgan fingerprint density at radius 3 is 2.50 bits per heavy atom. The van der Waals surface area contributed by atoms with E-state index in [-0.39, 0.29) is 25.3 Å². The van der Waals surface area contributed by atoms with Gasteiger partial charge in [0.1, 0.15) is 6.04 Å². The average Bonchev–Trinajstić information content (AvgIpc) is 3.48. The van der Waals surface area contributed by atoms with Crippen LogP contribution in [0.3, 0.4) is 0 Å². The van der Waals surface area contributed by atoms with Gasteiger partial charge in [0.05, 0.1) is 13.2 Å². The number of ether oxygens (including phenoxy) is 1. The van der Waals surface area contributed by atoms with Crippen molar-refractivity contribution in [3.63, 3.8) is 0 Å². The summed E-state index contributed by atoms with van der Waals surface area (Å²) < 4.78 is 5.81. The number of amides is 2. The molecule has 32 heavy (non-hydrogen) atoms. The van der Waals surface area contributed by atoms with E-state index in [4.69, 9.17) is 4.74 Å². The van der Waals surface area contributed by atoms with Crippen LogP contribution in [-0.4, -0.2) is 41.6 Å². The van der Waals surface area contributed by atoms with Gasteiger partial charge in [-0.25, -0.2) is 4.79 Å². The Bertz CT molecular complexity index is 968. The van der Waals surface area contributed by atoms with Gasteiger partial charge in [-0.1, -0.05) is 49.3 Å². The summed E-state index contributed by atoms with van der Waals surface area (Å²) in [5.41, 5.74) is 6.31. The van der Waals surface area contributed by atoms with Gasteiger partial charge in [0, 0.05) is 22.4 Å². The van der Waals surface area contributed by atoms with Crippen LogP contribution in [0.15, 0.2) is 28.7 Å². The van der Waals surface area contributed by atoms with Crippen LogP contribution in [0.4, 0.5) is 4.79 Å². The molecule has 0 radical (unpaired) electrons. The molecule has 7 heteroatoms.